The van der Waals surface area contributed by atoms with Gasteiger partial charge < -0.3 is 9.47 Å². The van der Waals surface area contributed by atoms with Crippen LogP contribution >= 0.6 is 0 Å². The fourth-order valence-electron chi connectivity index (χ4n) is 5.29. The number of hydrogen-bond acceptors (Lipinski definition) is 4. The minimum atomic E-state index is -3.24. The van der Waals surface area contributed by atoms with E-state index in [9.17, 15) is 13.6 Å². The third-order valence-corrected chi connectivity index (χ3v) is 7.65. The standard InChI is InChI=1S/C31H37F2NO3/c1-5-6-16-34-28(26-18-20(26)2)13-9-22-15-17-36-29-14-10-24(19-27(29)30(35)21(22)3)23-7-11-25(12-8-23)37-31(4,32)33/h5-8,10-12,14,16,19-22,26,28H,9,13,15,17-18H2,1-4H3. The van der Waals surface area contributed by atoms with Crippen molar-refractivity contribution in [3.8, 4) is 22.6 Å². The molecule has 2 aromatic carbocycles. The highest BCUT2D eigenvalue weighted by molar-refractivity contribution is 6.01. The van der Waals surface area contributed by atoms with Gasteiger partial charge in [0.2, 0.25) is 0 Å². The van der Waals surface area contributed by atoms with Gasteiger partial charge in [-0.1, -0.05) is 38.1 Å². The zero-order chi connectivity index (χ0) is 26.6. The Kier molecular flexibility index (Phi) is 8.46. The molecule has 0 bridgehead atoms. The van der Waals surface area contributed by atoms with Gasteiger partial charge in [-0.3, -0.25) is 9.79 Å². The van der Waals surface area contributed by atoms with E-state index in [1.807, 2.05) is 50.4 Å². The summed E-state index contributed by atoms with van der Waals surface area (Å²) in [4.78, 5) is 18.5. The molecule has 37 heavy (non-hydrogen) atoms. The van der Waals surface area contributed by atoms with Crippen LogP contribution in [0.25, 0.3) is 11.1 Å². The van der Waals surface area contributed by atoms with E-state index in [-0.39, 0.29) is 23.4 Å². The van der Waals surface area contributed by atoms with Crippen molar-refractivity contribution in [1.82, 2.24) is 0 Å². The molecule has 1 saturated carbocycles. The van der Waals surface area contributed by atoms with Crippen LogP contribution < -0.4 is 9.47 Å². The Morgan fingerprint density at radius 3 is 2.51 bits per heavy atom. The average Bonchev–Trinajstić information content (AvgIpc) is 3.59. The van der Waals surface area contributed by atoms with Crippen molar-refractivity contribution in [1.29, 1.82) is 0 Å². The summed E-state index contributed by atoms with van der Waals surface area (Å²) >= 11 is 0. The van der Waals surface area contributed by atoms with Crippen LogP contribution in [0.1, 0.15) is 63.7 Å². The number of alkyl halides is 2. The van der Waals surface area contributed by atoms with Crippen LogP contribution in [0.3, 0.4) is 0 Å². The molecule has 1 fully saturated rings. The summed E-state index contributed by atoms with van der Waals surface area (Å²) in [6.07, 6.45) is 6.62. The summed E-state index contributed by atoms with van der Waals surface area (Å²) in [7, 11) is 0. The first-order valence-corrected chi connectivity index (χ1v) is 13.3. The Hall–Kier alpha value is -3.02. The quantitative estimate of drug-likeness (QED) is 0.322. The first kappa shape index (κ1) is 27.0. The minimum absolute atomic E-state index is 0.0842. The molecule has 4 nitrogen and oxygen atoms in total. The van der Waals surface area contributed by atoms with Crippen molar-refractivity contribution < 1.29 is 23.0 Å². The lowest BCUT2D eigenvalue weighted by Crippen LogP contribution is -2.27. The third-order valence-electron chi connectivity index (χ3n) is 7.65. The van der Waals surface area contributed by atoms with Crippen LogP contribution in [0, 0.1) is 23.7 Å². The van der Waals surface area contributed by atoms with Gasteiger partial charge in [0.05, 0.1) is 18.2 Å². The maximum absolute atomic E-state index is 13.6. The number of fused-ring (bicyclic) bond motifs is 1. The van der Waals surface area contributed by atoms with Crippen LogP contribution in [-0.2, 0) is 0 Å². The molecule has 5 unspecified atom stereocenters. The van der Waals surface area contributed by atoms with Crippen molar-refractivity contribution in [2.75, 3.05) is 6.61 Å². The Labute approximate surface area is 218 Å². The first-order valence-electron chi connectivity index (χ1n) is 13.3. The zero-order valence-corrected chi connectivity index (χ0v) is 22.1. The van der Waals surface area contributed by atoms with E-state index >= 15 is 0 Å². The first-order chi connectivity index (χ1) is 17.7. The second kappa shape index (κ2) is 11.6. The van der Waals surface area contributed by atoms with Crippen molar-refractivity contribution in [3.63, 3.8) is 0 Å². The van der Waals surface area contributed by atoms with Crippen LogP contribution in [0.4, 0.5) is 8.78 Å². The Balaban J connectivity index is 1.48. The van der Waals surface area contributed by atoms with Gasteiger partial charge in [0.25, 0.3) is 0 Å². The van der Waals surface area contributed by atoms with E-state index in [2.05, 4.69) is 11.7 Å². The number of allylic oxidation sites excluding steroid dienone is 2. The fourth-order valence-corrected chi connectivity index (χ4v) is 5.29. The molecule has 0 radical (unpaired) electrons. The van der Waals surface area contributed by atoms with Crippen LogP contribution in [0.2, 0.25) is 0 Å². The molecule has 6 heteroatoms. The summed E-state index contributed by atoms with van der Waals surface area (Å²) < 4.78 is 37.0. The van der Waals surface area contributed by atoms with E-state index in [1.165, 1.54) is 18.6 Å². The highest BCUT2D eigenvalue weighted by Gasteiger charge is 2.40. The number of benzene rings is 2. The molecular weight excluding hydrogens is 472 g/mol. The molecule has 198 valence electrons. The summed E-state index contributed by atoms with van der Waals surface area (Å²) in [6, 6.07) is 12.3. The molecule has 4 rings (SSSR count). The SMILES string of the molecule is CC=CC=NC(CCC1CCOc2ccc(-c3ccc(OC(C)(F)F)cc3)cc2C(=O)C1C)C1CC1C. The average molecular weight is 510 g/mol. The van der Waals surface area contributed by atoms with E-state index in [0.717, 1.165) is 36.3 Å². The van der Waals surface area contributed by atoms with Gasteiger partial charge in [-0.2, -0.15) is 8.78 Å². The molecule has 1 heterocycles. The van der Waals surface area contributed by atoms with E-state index in [1.54, 1.807) is 12.1 Å². The summed E-state index contributed by atoms with van der Waals surface area (Å²) in [5.41, 5.74) is 2.22. The van der Waals surface area contributed by atoms with E-state index in [4.69, 9.17) is 9.73 Å². The number of rotatable bonds is 9. The molecule has 0 N–H and O–H groups in total. The van der Waals surface area contributed by atoms with Gasteiger partial charge in [0.1, 0.15) is 11.5 Å². The molecular formula is C31H37F2NO3. The second-order valence-electron chi connectivity index (χ2n) is 10.5. The monoisotopic (exact) mass is 509 g/mol. The zero-order valence-electron chi connectivity index (χ0n) is 22.1. The number of aliphatic imine (C=N–C) groups is 1. The molecule has 0 spiro atoms. The Morgan fingerprint density at radius 1 is 1.16 bits per heavy atom. The summed E-state index contributed by atoms with van der Waals surface area (Å²) in [5, 5.41) is 0. The number of ether oxygens (including phenoxy) is 2. The Bertz CT molecular complexity index is 1140. The number of halogens is 2. The predicted molar refractivity (Wildman–Crippen MR) is 144 cm³/mol. The smallest absolute Gasteiger partial charge is 0.394 e. The summed E-state index contributed by atoms with van der Waals surface area (Å²) in [6.45, 7) is 7.58. The van der Waals surface area contributed by atoms with Gasteiger partial charge in [-0.25, -0.2) is 0 Å². The number of Topliss-reactive ketones (excluding diaryl/α,β-unsaturated/α-hetero) is 1. The molecule has 2 aliphatic rings. The number of carbonyl (C=O) groups is 1. The maximum atomic E-state index is 13.6. The van der Waals surface area contributed by atoms with Gasteiger partial charge in [-0.05, 0) is 91.8 Å². The number of nitrogens with zero attached hydrogens (tertiary/aromatic N) is 1. The molecule has 1 aliphatic carbocycles. The summed E-state index contributed by atoms with van der Waals surface area (Å²) in [5.74, 6) is 2.23. The topological polar surface area (TPSA) is 47.9 Å². The number of hydrogen-bond donors (Lipinski definition) is 0. The highest BCUT2D eigenvalue weighted by atomic mass is 19.3. The molecule has 1 aliphatic heterocycles. The largest absolute Gasteiger partial charge is 0.493 e. The van der Waals surface area contributed by atoms with Crippen LogP contribution in [-0.4, -0.2) is 30.8 Å². The third kappa shape index (κ3) is 7.06. The fraction of sp³-hybridized carbons (Fsp3) is 0.484. The van der Waals surface area contributed by atoms with E-state index < -0.39 is 6.11 Å². The van der Waals surface area contributed by atoms with Crippen LogP contribution in [0.15, 0.2) is 59.6 Å². The molecule has 2 aromatic rings. The molecule has 0 saturated heterocycles. The Morgan fingerprint density at radius 2 is 1.86 bits per heavy atom. The minimum Gasteiger partial charge on any atom is -0.493 e. The second-order valence-corrected chi connectivity index (χ2v) is 10.5. The lowest BCUT2D eigenvalue weighted by atomic mass is 9.80. The van der Waals surface area contributed by atoms with Crippen LogP contribution in [0.5, 0.6) is 11.5 Å². The van der Waals surface area contributed by atoms with Gasteiger partial charge in [0, 0.05) is 19.1 Å². The maximum Gasteiger partial charge on any atom is 0.394 e. The molecule has 0 amide bonds. The predicted octanol–water partition coefficient (Wildman–Crippen LogP) is 8.01. The van der Waals surface area contributed by atoms with Crippen molar-refractivity contribution >= 4 is 12.0 Å². The normalized spacial score (nSPS) is 24.9. The number of ketones is 1. The lowest BCUT2D eigenvalue weighted by Gasteiger charge is -2.28. The number of carbonyl (C=O) groups excluding carboxylic acids is 1. The lowest BCUT2D eigenvalue weighted by molar-refractivity contribution is -0.158. The van der Waals surface area contributed by atoms with Crippen molar-refractivity contribution in [3.05, 3.63) is 60.2 Å². The van der Waals surface area contributed by atoms with E-state index in [0.29, 0.717) is 36.8 Å². The van der Waals surface area contributed by atoms with Crippen molar-refractivity contribution in [2.45, 2.75) is 65.5 Å². The van der Waals surface area contributed by atoms with Gasteiger partial charge in [-0.15, -0.1) is 0 Å². The van der Waals surface area contributed by atoms with Gasteiger partial charge >= 0.3 is 6.11 Å². The molecule has 0 aromatic heterocycles. The van der Waals surface area contributed by atoms with Gasteiger partial charge in [0.15, 0.2) is 5.78 Å². The highest BCUT2D eigenvalue weighted by Crippen LogP contribution is 2.44. The molecule has 5 atom stereocenters. The van der Waals surface area contributed by atoms with Crippen molar-refractivity contribution in [2.24, 2.45) is 28.7 Å².